The Morgan fingerprint density at radius 3 is 2.75 bits per heavy atom. The van der Waals surface area contributed by atoms with Gasteiger partial charge in [-0.25, -0.2) is 4.79 Å². The standard InChI is InChI=1S/C13H15BrClNO4/c1-3-16-13(18)8(2)20-12(17)7-19-11-5-4-9(14)6-10(11)15/h4-6,8H,3,7H2,1-2H3,(H,16,18)/t8-/m1/s1. The van der Waals surface area contributed by atoms with Crippen molar-refractivity contribution in [1.29, 1.82) is 0 Å². The quantitative estimate of drug-likeness (QED) is 0.788. The lowest BCUT2D eigenvalue weighted by atomic mass is 10.3. The van der Waals surface area contributed by atoms with Crippen LogP contribution in [0.1, 0.15) is 13.8 Å². The van der Waals surface area contributed by atoms with Crippen molar-refractivity contribution in [3.8, 4) is 5.75 Å². The van der Waals surface area contributed by atoms with Crippen LogP contribution < -0.4 is 10.1 Å². The van der Waals surface area contributed by atoms with Crippen molar-refractivity contribution < 1.29 is 19.1 Å². The Morgan fingerprint density at radius 2 is 2.15 bits per heavy atom. The van der Waals surface area contributed by atoms with E-state index >= 15 is 0 Å². The summed E-state index contributed by atoms with van der Waals surface area (Å²) in [6.07, 6.45) is -0.855. The fourth-order valence-corrected chi connectivity index (χ4v) is 2.06. The second-order valence-corrected chi connectivity index (χ2v) is 5.21. The molecule has 0 saturated heterocycles. The lowest BCUT2D eigenvalue weighted by Gasteiger charge is -2.13. The molecule has 5 nitrogen and oxygen atoms in total. The Labute approximate surface area is 130 Å². The van der Waals surface area contributed by atoms with Crippen molar-refractivity contribution in [1.82, 2.24) is 5.32 Å². The maximum Gasteiger partial charge on any atom is 0.344 e. The Kier molecular flexibility index (Phi) is 6.81. The molecule has 0 aromatic heterocycles. The molecule has 0 spiro atoms. The number of rotatable bonds is 6. The molecule has 0 saturated carbocycles. The molecule has 1 aromatic carbocycles. The molecular formula is C13H15BrClNO4. The Bertz CT molecular complexity index is 495. The van der Waals surface area contributed by atoms with E-state index in [4.69, 9.17) is 21.1 Å². The van der Waals surface area contributed by atoms with Gasteiger partial charge in [-0.3, -0.25) is 4.79 Å². The van der Waals surface area contributed by atoms with E-state index in [2.05, 4.69) is 21.2 Å². The summed E-state index contributed by atoms with van der Waals surface area (Å²) >= 11 is 9.20. The van der Waals surface area contributed by atoms with Crippen LogP contribution in [0.25, 0.3) is 0 Å². The zero-order chi connectivity index (χ0) is 15.1. The third kappa shape index (κ3) is 5.38. The van der Waals surface area contributed by atoms with Crippen LogP contribution in [0.15, 0.2) is 22.7 Å². The summed E-state index contributed by atoms with van der Waals surface area (Å²) in [6.45, 7) is 3.44. The molecule has 1 atom stereocenters. The van der Waals surface area contributed by atoms with Crippen LogP contribution in [0.3, 0.4) is 0 Å². The summed E-state index contributed by atoms with van der Waals surface area (Å²) in [4.78, 5) is 22.9. The van der Waals surface area contributed by atoms with Gasteiger partial charge in [-0.2, -0.15) is 0 Å². The molecule has 0 radical (unpaired) electrons. The highest BCUT2D eigenvalue weighted by Crippen LogP contribution is 2.27. The minimum absolute atomic E-state index is 0.314. The SMILES string of the molecule is CCNC(=O)[C@@H](C)OC(=O)COc1ccc(Br)cc1Cl. The van der Waals surface area contributed by atoms with E-state index in [0.717, 1.165) is 4.47 Å². The predicted octanol–water partition coefficient (Wildman–Crippen LogP) is 2.55. The number of amides is 1. The van der Waals surface area contributed by atoms with Crippen LogP contribution in [0.2, 0.25) is 5.02 Å². The smallest absolute Gasteiger partial charge is 0.344 e. The van der Waals surface area contributed by atoms with Gasteiger partial charge in [-0.15, -0.1) is 0 Å². The summed E-state index contributed by atoms with van der Waals surface area (Å²) in [7, 11) is 0. The van der Waals surface area contributed by atoms with Crippen molar-refractivity contribution in [3.63, 3.8) is 0 Å². The third-order valence-electron chi connectivity index (χ3n) is 2.27. The first-order valence-electron chi connectivity index (χ1n) is 5.99. The maximum atomic E-state index is 11.5. The first kappa shape index (κ1) is 16.8. The summed E-state index contributed by atoms with van der Waals surface area (Å²) in [5.41, 5.74) is 0. The molecule has 7 heteroatoms. The van der Waals surface area contributed by atoms with Crippen molar-refractivity contribution in [2.24, 2.45) is 0 Å². The Hall–Kier alpha value is -1.27. The summed E-state index contributed by atoms with van der Waals surface area (Å²) < 4.78 is 11.0. The Morgan fingerprint density at radius 1 is 1.45 bits per heavy atom. The monoisotopic (exact) mass is 363 g/mol. The summed E-state index contributed by atoms with van der Waals surface area (Å²) in [6, 6.07) is 5.02. The van der Waals surface area contributed by atoms with Gasteiger partial charge in [0.05, 0.1) is 5.02 Å². The van der Waals surface area contributed by atoms with Gasteiger partial charge in [0.2, 0.25) is 0 Å². The molecule has 1 N–H and O–H groups in total. The molecule has 0 heterocycles. The van der Waals surface area contributed by atoms with E-state index < -0.39 is 12.1 Å². The zero-order valence-corrected chi connectivity index (χ0v) is 13.5. The highest BCUT2D eigenvalue weighted by atomic mass is 79.9. The van der Waals surface area contributed by atoms with Gasteiger partial charge < -0.3 is 14.8 Å². The molecule has 0 aliphatic rings. The number of ether oxygens (including phenoxy) is 2. The maximum absolute atomic E-state index is 11.5. The molecule has 1 amide bonds. The highest BCUT2D eigenvalue weighted by molar-refractivity contribution is 9.10. The third-order valence-corrected chi connectivity index (χ3v) is 3.06. The van der Waals surface area contributed by atoms with Gasteiger partial charge in [-0.05, 0) is 32.0 Å². The topological polar surface area (TPSA) is 64.6 Å². The molecular weight excluding hydrogens is 350 g/mol. The number of esters is 1. The van der Waals surface area contributed by atoms with Gasteiger partial charge in [0.1, 0.15) is 5.75 Å². The zero-order valence-electron chi connectivity index (χ0n) is 11.1. The van der Waals surface area contributed by atoms with E-state index in [1.54, 1.807) is 25.1 Å². The second-order valence-electron chi connectivity index (χ2n) is 3.89. The van der Waals surface area contributed by atoms with E-state index in [1.807, 2.05) is 0 Å². The first-order chi connectivity index (χ1) is 9.43. The van der Waals surface area contributed by atoms with E-state index in [-0.39, 0.29) is 12.5 Å². The number of hydrogen-bond acceptors (Lipinski definition) is 4. The number of benzene rings is 1. The van der Waals surface area contributed by atoms with Gasteiger partial charge >= 0.3 is 5.97 Å². The molecule has 0 unspecified atom stereocenters. The highest BCUT2D eigenvalue weighted by Gasteiger charge is 2.17. The lowest BCUT2D eigenvalue weighted by molar-refractivity contribution is -0.156. The van der Waals surface area contributed by atoms with Crippen molar-refractivity contribution in [2.75, 3.05) is 13.2 Å². The van der Waals surface area contributed by atoms with E-state index in [1.165, 1.54) is 6.92 Å². The average molecular weight is 365 g/mol. The van der Waals surface area contributed by atoms with Crippen LogP contribution in [0, 0.1) is 0 Å². The van der Waals surface area contributed by atoms with Gasteiger partial charge in [-0.1, -0.05) is 27.5 Å². The lowest BCUT2D eigenvalue weighted by Crippen LogP contribution is -2.36. The largest absolute Gasteiger partial charge is 0.480 e. The normalized spacial score (nSPS) is 11.6. The molecule has 110 valence electrons. The fraction of sp³-hybridized carbons (Fsp3) is 0.385. The minimum Gasteiger partial charge on any atom is -0.480 e. The van der Waals surface area contributed by atoms with E-state index in [9.17, 15) is 9.59 Å². The number of halogens is 2. The summed E-state index contributed by atoms with van der Waals surface area (Å²) in [5.74, 6) is -0.609. The Balaban J connectivity index is 2.45. The van der Waals surface area contributed by atoms with Crippen molar-refractivity contribution in [2.45, 2.75) is 20.0 Å². The molecule has 1 aromatic rings. The average Bonchev–Trinajstić information content (AvgIpc) is 2.37. The minimum atomic E-state index is -0.855. The van der Waals surface area contributed by atoms with Crippen molar-refractivity contribution in [3.05, 3.63) is 27.7 Å². The second kappa shape index (κ2) is 8.11. The molecule has 1 rings (SSSR count). The van der Waals surface area contributed by atoms with Gasteiger partial charge in [0, 0.05) is 11.0 Å². The van der Waals surface area contributed by atoms with Gasteiger partial charge in [0.15, 0.2) is 12.7 Å². The van der Waals surface area contributed by atoms with E-state index in [0.29, 0.717) is 17.3 Å². The number of hydrogen-bond donors (Lipinski definition) is 1. The van der Waals surface area contributed by atoms with Crippen LogP contribution in [-0.2, 0) is 14.3 Å². The molecule has 0 aliphatic carbocycles. The van der Waals surface area contributed by atoms with Gasteiger partial charge in [0.25, 0.3) is 5.91 Å². The summed E-state index contributed by atoms with van der Waals surface area (Å²) in [5, 5.41) is 2.94. The predicted molar refractivity (Wildman–Crippen MR) is 78.9 cm³/mol. The van der Waals surface area contributed by atoms with Crippen LogP contribution >= 0.6 is 27.5 Å². The number of likely N-dealkylation sites (N-methyl/N-ethyl adjacent to an activating group) is 1. The van der Waals surface area contributed by atoms with Crippen molar-refractivity contribution >= 4 is 39.4 Å². The number of carbonyl (C=O) groups is 2. The van der Waals surface area contributed by atoms with Crippen LogP contribution in [0.4, 0.5) is 0 Å². The first-order valence-corrected chi connectivity index (χ1v) is 7.16. The fourth-order valence-electron chi connectivity index (χ4n) is 1.33. The molecule has 20 heavy (non-hydrogen) atoms. The number of nitrogens with one attached hydrogen (secondary N) is 1. The molecule has 0 aliphatic heterocycles. The van der Waals surface area contributed by atoms with Crippen LogP contribution in [0.5, 0.6) is 5.75 Å². The molecule has 0 fully saturated rings. The number of carbonyl (C=O) groups excluding carboxylic acids is 2. The molecule has 0 bridgehead atoms. The van der Waals surface area contributed by atoms with Crippen LogP contribution in [-0.4, -0.2) is 31.1 Å².